The van der Waals surface area contributed by atoms with E-state index >= 15 is 0 Å². The maximum Gasteiger partial charge on any atom is 0.141 e. The van der Waals surface area contributed by atoms with Crippen molar-refractivity contribution in [1.29, 1.82) is 5.26 Å². The SMILES string of the molecule is N#Cc1ccc(NCc2ccc(F)c(Cl)c2)c(N)c1. The molecule has 0 saturated carbocycles. The van der Waals surface area contributed by atoms with Crippen molar-refractivity contribution in [2.75, 3.05) is 11.1 Å². The van der Waals surface area contributed by atoms with Crippen molar-refractivity contribution in [2.45, 2.75) is 6.54 Å². The molecule has 5 heteroatoms. The number of nitrogen functional groups attached to an aromatic ring is 1. The quantitative estimate of drug-likeness (QED) is 0.842. The first-order valence-electron chi connectivity index (χ1n) is 5.57. The van der Waals surface area contributed by atoms with E-state index < -0.39 is 5.82 Å². The minimum Gasteiger partial charge on any atom is -0.397 e. The number of hydrogen-bond acceptors (Lipinski definition) is 3. The Morgan fingerprint density at radius 1 is 1.26 bits per heavy atom. The Bertz CT molecular complexity index is 650. The predicted molar refractivity (Wildman–Crippen MR) is 74.3 cm³/mol. The maximum absolute atomic E-state index is 13.0. The van der Waals surface area contributed by atoms with Crippen molar-refractivity contribution in [3.8, 4) is 6.07 Å². The fraction of sp³-hybridized carbons (Fsp3) is 0.0714. The summed E-state index contributed by atoms with van der Waals surface area (Å²) in [5, 5.41) is 11.9. The zero-order chi connectivity index (χ0) is 13.8. The molecule has 0 aliphatic heterocycles. The van der Waals surface area contributed by atoms with Crippen LogP contribution in [0.4, 0.5) is 15.8 Å². The van der Waals surface area contributed by atoms with Crippen LogP contribution in [0, 0.1) is 17.1 Å². The number of rotatable bonds is 3. The molecule has 3 nitrogen and oxygen atoms in total. The molecule has 0 unspecified atom stereocenters. The molecule has 96 valence electrons. The zero-order valence-electron chi connectivity index (χ0n) is 9.95. The van der Waals surface area contributed by atoms with Gasteiger partial charge in [0.05, 0.1) is 28.0 Å². The zero-order valence-corrected chi connectivity index (χ0v) is 10.7. The van der Waals surface area contributed by atoms with Crippen molar-refractivity contribution in [3.05, 3.63) is 58.4 Å². The number of nitriles is 1. The highest BCUT2D eigenvalue weighted by Crippen LogP contribution is 2.21. The fourth-order valence-corrected chi connectivity index (χ4v) is 1.84. The molecule has 3 N–H and O–H groups in total. The monoisotopic (exact) mass is 275 g/mol. The summed E-state index contributed by atoms with van der Waals surface area (Å²) in [6, 6.07) is 11.6. The van der Waals surface area contributed by atoms with Gasteiger partial charge in [0.1, 0.15) is 5.82 Å². The topological polar surface area (TPSA) is 61.8 Å². The molecule has 0 heterocycles. The smallest absolute Gasteiger partial charge is 0.141 e. The molecule has 0 saturated heterocycles. The summed E-state index contributed by atoms with van der Waals surface area (Å²) in [7, 11) is 0. The average Bonchev–Trinajstić information content (AvgIpc) is 2.41. The first-order chi connectivity index (χ1) is 9.10. The largest absolute Gasteiger partial charge is 0.397 e. The minimum atomic E-state index is -0.441. The minimum absolute atomic E-state index is 0.0899. The molecule has 0 spiro atoms. The summed E-state index contributed by atoms with van der Waals surface area (Å²) >= 11 is 5.70. The lowest BCUT2D eigenvalue weighted by molar-refractivity contribution is 0.627. The second-order valence-electron chi connectivity index (χ2n) is 4.02. The molecule has 0 atom stereocenters. The molecule has 0 bridgehead atoms. The molecule has 19 heavy (non-hydrogen) atoms. The van der Waals surface area contributed by atoms with Gasteiger partial charge in [-0.1, -0.05) is 17.7 Å². The first kappa shape index (κ1) is 13.2. The summed E-state index contributed by atoms with van der Waals surface area (Å²) in [5.41, 5.74) is 8.38. The van der Waals surface area contributed by atoms with E-state index in [4.69, 9.17) is 22.6 Å². The van der Waals surface area contributed by atoms with Crippen molar-refractivity contribution in [1.82, 2.24) is 0 Å². The standard InChI is InChI=1S/C14H11ClFN3/c15-11-5-10(1-3-12(11)16)8-19-14-4-2-9(7-17)6-13(14)18/h1-6,19H,8,18H2. The second kappa shape index (κ2) is 5.59. The number of nitrogens with zero attached hydrogens (tertiary/aromatic N) is 1. The van der Waals surface area contributed by atoms with Gasteiger partial charge in [0.25, 0.3) is 0 Å². The number of benzene rings is 2. The number of nitrogens with two attached hydrogens (primary N) is 1. The Balaban J connectivity index is 2.10. The van der Waals surface area contributed by atoms with Crippen LogP contribution >= 0.6 is 11.6 Å². The number of hydrogen-bond donors (Lipinski definition) is 2. The van der Waals surface area contributed by atoms with Gasteiger partial charge in [0.15, 0.2) is 0 Å². The maximum atomic E-state index is 13.0. The van der Waals surface area contributed by atoms with Gasteiger partial charge in [0.2, 0.25) is 0 Å². The molecule has 2 aromatic carbocycles. The van der Waals surface area contributed by atoms with Gasteiger partial charge < -0.3 is 11.1 Å². The lowest BCUT2D eigenvalue weighted by atomic mass is 10.1. The van der Waals surface area contributed by atoms with Crippen LogP contribution in [0.2, 0.25) is 5.02 Å². The van der Waals surface area contributed by atoms with E-state index in [1.54, 1.807) is 30.3 Å². The van der Waals surface area contributed by atoms with E-state index in [1.807, 2.05) is 6.07 Å². The van der Waals surface area contributed by atoms with E-state index in [9.17, 15) is 4.39 Å². The van der Waals surface area contributed by atoms with Crippen molar-refractivity contribution >= 4 is 23.0 Å². The van der Waals surface area contributed by atoms with Crippen LogP contribution < -0.4 is 11.1 Å². The Morgan fingerprint density at radius 2 is 2.05 bits per heavy atom. The van der Waals surface area contributed by atoms with Gasteiger partial charge in [-0.3, -0.25) is 0 Å². The highest BCUT2D eigenvalue weighted by atomic mass is 35.5. The lowest BCUT2D eigenvalue weighted by Crippen LogP contribution is -2.03. The van der Waals surface area contributed by atoms with E-state index in [2.05, 4.69) is 5.32 Å². The Hall–Kier alpha value is -2.25. The summed E-state index contributed by atoms with van der Waals surface area (Å²) in [4.78, 5) is 0. The highest BCUT2D eigenvalue weighted by molar-refractivity contribution is 6.30. The van der Waals surface area contributed by atoms with Crippen LogP contribution in [-0.4, -0.2) is 0 Å². The molecule has 0 aliphatic carbocycles. The molecule has 0 aliphatic rings. The van der Waals surface area contributed by atoms with Crippen LogP contribution in [-0.2, 0) is 6.54 Å². The first-order valence-corrected chi connectivity index (χ1v) is 5.95. The van der Waals surface area contributed by atoms with Crippen LogP contribution in [0.25, 0.3) is 0 Å². The molecule has 0 aromatic heterocycles. The van der Waals surface area contributed by atoms with Gasteiger partial charge in [-0.15, -0.1) is 0 Å². The molecule has 2 aromatic rings. The van der Waals surface area contributed by atoms with Gasteiger partial charge in [-0.25, -0.2) is 4.39 Å². The van der Waals surface area contributed by atoms with E-state index in [0.29, 0.717) is 17.8 Å². The molecule has 0 radical (unpaired) electrons. The molecular weight excluding hydrogens is 265 g/mol. The number of halogens is 2. The summed E-state index contributed by atoms with van der Waals surface area (Å²) < 4.78 is 13.0. The van der Waals surface area contributed by atoms with Crippen molar-refractivity contribution < 1.29 is 4.39 Å². The van der Waals surface area contributed by atoms with Gasteiger partial charge in [-0.05, 0) is 35.9 Å². The fourth-order valence-electron chi connectivity index (χ4n) is 1.64. The van der Waals surface area contributed by atoms with Crippen molar-refractivity contribution in [2.24, 2.45) is 0 Å². The molecule has 2 rings (SSSR count). The normalized spacial score (nSPS) is 9.95. The Kier molecular flexibility index (Phi) is 3.88. The Labute approximate surface area is 115 Å². The lowest BCUT2D eigenvalue weighted by Gasteiger charge is -2.10. The third-order valence-corrected chi connectivity index (χ3v) is 2.94. The van der Waals surface area contributed by atoms with Gasteiger partial charge >= 0.3 is 0 Å². The van der Waals surface area contributed by atoms with Crippen LogP contribution in [0.5, 0.6) is 0 Å². The van der Waals surface area contributed by atoms with E-state index in [1.165, 1.54) is 6.07 Å². The van der Waals surface area contributed by atoms with Gasteiger partial charge in [0, 0.05) is 6.54 Å². The molecular formula is C14H11ClFN3. The summed E-state index contributed by atoms with van der Waals surface area (Å²) in [6.07, 6.45) is 0. The third-order valence-electron chi connectivity index (χ3n) is 2.65. The van der Waals surface area contributed by atoms with Crippen LogP contribution in [0.3, 0.4) is 0 Å². The number of anilines is 2. The average molecular weight is 276 g/mol. The summed E-state index contributed by atoms with van der Waals surface area (Å²) in [6.45, 7) is 0.468. The second-order valence-corrected chi connectivity index (χ2v) is 4.42. The third kappa shape index (κ3) is 3.15. The molecule has 0 amide bonds. The van der Waals surface area contributed by atoms with Crippen LogP contribution in [0.1, 0.15) is 11.1 Å². The predicted octanol–water partition coefficient (Wildman–Crippen LogP) is 3.55. The van der Waals surface area contributed by atoms with E-state index in [0.717, 1.165) is 11.3 Å². The van der Waals surface area contributed by atoms with Gasteiger partial charge in [-0.2, -0.15) is 5.26 Å². The van der Waals surface area contributed by atoms with Crippen LogP contribution in [0.15, 0.2) is 36.4 Å². The number of nitrogens with one attached hydrogen (secondary N) is 1. The highest BCUT2D eigenvalue weighted by Gasteiger charge is 2.03. The summed E-state index contributed by atoms with van der Waals surface area (Å²) in [5.74, 6) is -0.441. The van der Waals surface area contributed by atoms with Crippen molar-refractivity contribution in [3.63, 3.8) is 0 Å². The van der Waals surface area contributed by atoms with E-state index in [-0.39, 0.29) is 5.02 Å². The molecule has 0 fully saturated rings. The Morgan fingerprint density at radius 3 is 2.68 bits per heavy atom.